The Labute approximate surface area is 160 Å². The number of aryl methyl sites for hydroxylation is 2. The Hall–Kier alpha value is -2.42. The molecule has 0 heterocycles. The van der Waals surface area contributed by atoms with Crippen molar-refractivity contribution >= 4 is 21.7 Å². The first-order valence-electron chi connectivity index (χ1n) is 8.53. The molecule has 2 rings (SSSR count). The fourth-order valence-corrected chi connectivity index (χ4v) is 3.56. The fraction of sp³-hybridized carbons (Fsp3) is 0.316. The summed E-state index contributed by atoms with van der Waals surface area (Å²) in [5.74, 6) is 0.304. The van der Waals surface area contributed by atoms with Gasteiger partial charge in [-0.3, -0.25) is 0 Å². The molecule has 0 aliphatic carbocycles. The van der Waals surface area contributed by atoms with Gasteiger partial charge in [0.25, 0.3) is 0 Å². The van der Waals surface area contributed by atoms with Gasteiger partial charge in [0.15, 0.2) is 5.96 Å². The summed E-state index contributed by atoms with van der Waals surface area (Å²) in [4.78, 5) is 4.50. The van der Waals surface area contributed by atoms with Gasteiger partial charge < -0.3 is 15.8 Å². The Morgan fingerprint density at radius 3 is 2.33 bits per heavy atom. The van der Waals surface area contributed by atoms with E-state index < -0.39 is 10.0 Å². The van der Waals surface area contributed by atoms with Crippen LogP contribution in [0.25, 0.3) is 0 Å². The van der Waals surface area contributed by atoms with Crippen LogP contribution < -0.4 is 15.8 Å². The minimum Gasteiger partial charge on any atom is -0.383 e. The number of methoxy groups -OCH3 is 1. The SMILES string of the molecule is COCCNS(=O)(=O)c1ccc(CN=C(N)Nc2cc(C)cc(C)c2)cc1. The van der Waals surface area contributed by atoms with Crippen LogP contribution in [0.5, 0.6) is 0 Å². The molecule has 0 aromatic heterocycles. The van der Waals surface area contributed by atoms with Crippen molar-refractivity contribution in [3.63, 3.8) is 0 Å². The van der Waals surface area contributed by atoms with Crippen LogP contribution in [-0.4, -0.2) is 34.6 Å². The fourth-order valence-electron chi connectivity index (χ4n) is 2.55. The standard InChI is InChI=1S/C19H26N4O3S/c1-14-10-15(2)12-17(11-14)23-19(20)21-13-16-4-6-18(7-5-16)27(24,25)22-8-9-26-3/h4-7,10-12,22H,8-9,13H2,1-3H3,(H3,20,21,23). The number of hydrogen-bond donors (Lipinski definition) is 3. The van der Waals surface area contributed by atoms with Crippen LogP contribution in [0.2, 0.25) is 0 Å². The van der Waals surface area contributed by atoms with E-state index in [1.165, 1.54) is 7.11 Å². The van der Waals surface area contributed by atoms with E-state index in [1.807, 2.05) is 26.0 Å². The first kappa shape index (κ1) is 20.9. The predicted octanol–water partition coefficient (Wildman–Crippen LogP) is 2.15. The highest BCUT2D eigenvalue weighted by atomic mass is 32.2. The summed E-state index contributed by atoms with van der Waals surface area (Å²) in [6.07, 6.45) is 0. The minimum absolute atomic E-state index is 0.202. The summed E-state index contributed by atoms with van der Waals surface area (Å²) >= 11 is 0. The Bertz CT molecular complexity index is 873. The number of nitrogens with zero attached hydrogens (tertiary/aromatic N) is 1. The largest absolute Gasteiger partial charge is 0.383 e. The van der Waals surface area contributed by atoms with Gasteiger partial charge in [0, 0.05) is 19.3 Å². The zero-order chi connectivity index (χ0) is 19.9. The number of hydrogen-bond acceptors (Lipinski definition) is 4. The van der Waals surface area contributed by atoms with E-state index in [1.54, 1.807) is 24.3 Å². The number of nitrogens with two attached hydrogens (primary N) is 1. The second-order valence-electron chi connectivity index (χ2n) is 6.24. The van der Waals surface area contributed by atoms with Crippen LogP contribution in [0.1, 0.15) is 16.7 Å². The smallest absolute Gasteiger partial charge is 0.240 e. The molecular formula is C19H26N4O3S. The van der Waals surface area contributed by atoms with Gasteiger partial charge in [0.1, 0.15) is 0 Å². The lowest BCUT2D eigenvalue weighted by Crippen LogP contribution is -2.27. The monoisotopic (exact) mass is 390 g/mol. The topological polar surface area (TPSA) is 106 Å². The summed E-state index contributed by atoms with van der Waals surface area (Å²) < 4.78 is 31.6. The summed E-state index contributed by atoms with van der Waals surface area (Å²) in [5, 5.41) is 3.07. The number of benzene rings is 2. The maximum Gasteiger partial charge on any atom is 0.240 e. The molecule has 0 fully saturated rings. The molecule has 0 saturated heterocycles. The van der Waals surface area contributed by atoms with E-state index in [9.17, 15) is 8.42 Å². The molecule has 27 heavy (non-hydrogen) atoms. The molecule has 0 bridgehead atoms. The molecule has 0 aliphatic heterocycles. The number of aliphatic imine (C=N–C) groups is 1. The second kappa shape index (κ2) is 9.50. The van der Waals surface area contributed by atoms with Crippen molar-refractivity contribution in [3.8, 4) is 0 Å². The van der Waals surface area contributed by atoms with Gasteiger partial charge in [-0.2, -0.15) is 0 Å². The van der Waals surface area contributed by atoms with Gasteiger partial charge in [-0.25, -0.2) is 18.1 Å². The van der Waals surface area contributed by atoms with Crippen LogP contribution in [0.4, 0.5) is 5.69 Å². The van der Waals surface area contributed by atoms with Crippen molar-refractivity contribution < 1.29 is 13.2 Å². The van der Waals surface area contributed by atoms with Crippen LogP contribution in [0, 0.1) is 13.8 Å². The first-order chi connectivity index (χ1) is 12.8. The van der Waals surface area contributed by atoms with Gasteiger partial charge in [0.05, 0.1) is 18.0 Å². The number of ether oxygens (including phenoxy) is 1. The lowest BCUT2D eigenvalue weighted by atomic mass is 10.1. The van der Waals surface area contributed by atoms with Crippen molar-refractivity contribution in [2.75, 3.05) is 25.6 Å². The lowest BCUT2D eigenvalue weighted by Gasteiger charge is -2.09. The highest BCUT2D eigenvalue weighted by Gasteiger charge is 2.12. The highest BCUT2D eigenvalue weighted by molar-refractivity contribution is 7.89. The Morgan fingerprint density at radius 2 is 1.74 bits per heavy atom. The third kappa shape index (κ3) is 6.67. The van der Waals surface area contributed by atoms with E-state index in [4.69, 9.17) is 10.5 Å². The van der Waals surface area contributed by atoms with Crippen LogP contribution >= 0.6 is 0 Å². The Morgan fingerprint density at radius 1 is 1.11 bits per heavy atom. The number of rotatable bonds is 8. The molecule has 2 aromatic carbocycles. The summed E-state index contributed by atoms with van der Waals surface area (Å²) in [5.41, 5.74) is 9.97. The molecule has 0 atom stereocenters. The zero-order valence-corrected chi connectivity index (χ0v) is 16.6. The molecule has 7 nitrogen and oxygen atoms in total. The Balaban J connectivity index is 1.98. The van der Waals surface area contributed by atoms with Gasteiger partial charge in [0.2, 0.25) is 10.0 Å². The molecule has 8 heteroatoms. The van der Waals surface area contributed by atoms with E-state index >= 15 is 0 Å². The average Bonchev–Trinajstić information content (AvgIpc) is 2.59. The first-order valence-corrected chi connectivity index (χ1v) is 10.0. The van der Waals surface area contributed by atoms with Crippen molar-refractivity contribution in [3.05, 3.63) is 59.2 Å². The summed E-state index contributed by atoms with van der Waals surface area (Å²) in [7, 11) is -2.01. The van der Waals surface area contributed by atoms with Gasteiger partial charge in [-0.1, -0.05) is 18.2 Å². The van der Waals surface area contributed by atoms with Gasteiger partial charge in [-0.15, -0.1) is 0 Å². The lowest BCUT2D eigenvalue weighted by molar-refractivity contribution is 0.204. The predicted molar refractivity (Wildman–Crippen MR) is 108 cm³/mol. The van der Waals surface area contributed by atoms with Crippen molar-refractivity contribution in [1.82, 2.24) is 4.72 Å². The molecule has 4 N–H and O–H groups in total. The molecule has 0 unspecified atom stereocenters. The number of sulfonamides is 1. The number of anilines is 1. The molecule has 0 amide bonds. The quantitative estimate of drug-likeness (QED) is 0.364. The molecule has 0 aliphatic rings. The van der Waals surface area contributed by atoms with E-state index in [-0.39, 0.29) is 11.4 Å². The minimum atomic E-state index is -3.53. The van der Waals surface area contributed by atoms with Crippen LogP contribution in [0.3, 0.4) is 0 Å². The van der Waals surface area contributed by atoms with Gasteiger partial charge in [-0.05, 0) is 54.8 Å². The van der Waals surface area contributed by atoms with Crippen molar-refractivity contribution in [1.29, 1.82) is 0 Å². The number of nitrogens with one attached hydrogen (secondary N) is 2. The van der Waals surface area contributed by atoms with Crippen molar-refractivity contribution in [2.45, 2.75) is 25.3 Å². The molecule has 0 spiro atoms. The molecular weight excluding hydrogens is 364 g/mol. The molecule has 2 aromatic rings. The Kier molecular flexibility index (Phi) is 7.35. The summed E-state index contributed by atoms with van der Waals surface area (Å²) in [6.45, 7) is 4.93. The van der Waals surface area contributed by atoms with E-state index in [0.29, 0.717) is 19.1 Å². The third-order valence-corrected chi connectivity index (χ3v) is 5.23. The number of guanidine groups is 1. The van der Waals surface area contributed by atoms with E-state index in [0.717, 1.165) is 22.4 Å². The van der Waals surface area contributed by atoms with Gasteiger partial charge >= 0.3 is 0 Å². The molecule has 146 valence electrons. The maximum absolute atomic E-state index is 12.1. The van der Waals surface area contributed by atoms with Crippen molar-refractivity contribution in [2.24, 2.45) is 10.7 Å². The van der Waals surface area contributed by atoms with E-state index in [2.05, 4.69) is 21.1 Å². The molecule has 0 radical (unpaired) electrons. The average molecular weight is 391 g/mol. The second-order valence-corrected chi connectivity index (χ2v) is 8.00. The third-order valence-electron chi connectivity index (χ3n) is 3.76. The maximum atomic E-state index is 12.1. The summed E-state index contributed by atoms with van der Waals surface area (Å²) in [6, 6.07) is 12.6. The van der Waals surface area contributed by atoms with Crippen LogP contribution in [-0.2, 0) is 21.3 Å². The zero-order valence-electron chi connectivity index (χ0n) is 15.8. The normalized spacial score (nSPS) is 12.2. The highest BCUT2D eigenvalue weighted by Crippen LogP contribution is 2.14. The molecule has 0 saturated carbocycles. The van der Waals surface area contributed by atoms with Crippen LogP contribution in [0.15, 0.2) is 52.4 Å².